The van der Waals surface area contributed by atoms with Crippen LogP contribution >= 0.6 is 0 Å². The van der Waals surface area contributed by atoms with Crippen molar-refractivity contribution < 1.29 is 9.47 Å². The first-order valence-electron chi connectivity index (χ1n) is 7.50. The molecule has 0 N–H and O–H groups in total. The molecule has 0 aliphatic carbocycles. The Kier molecular flexibility index (Phi) is 3.21. The van der Waals surface area contributed by atoms with Gasteiger partial charge < -0.3 is 14.0 Å². The van der Waals surface area contributed by atoms with Crippen molar-refractivity contribution in [3.8, 4) is 0 Å². The Balaban J connectivity index is 1.85. The highest BCUT2D eigenvalue weighted by Crippen LogP contribution is 2.41. The van der Waals surface area contributed by atoms with Crippen molar-refractivity contribution in [2.24, 2.45) is 0 Å². The predicted molar refractivity (Wildman–Crippen MR) is 84.3 cm³/mol. The van der Waals surface area contributed by atoms with Gasteiger partial charge in [-0.05, 0) is 30.2 Å². The fraction of sp³-hybridized carbons (Fsp3) is 0.278. The SMILES string of the molecule is Cc1ccc2cccc(C3OC(C)OC3n3ccnc3)c2c1. The zero-order valence-electron chi connectivity index (χ0n) is 12.6. The molecule has 4 nitrogen and oxygen atoms in total. The van der Waals surface area contributed by atoms with Crippen LogP contribution < -0.4 is 0 Å². The fourth-order valence-corrected chi connectivity index (χ4v) is 3.11. The molecule has 0 saturated carbocycles. The van der Waals surface area contributed by atoms with Crippen molar-refractivity contribution in [1.29, 1.82) is 0 Å². The minimum Gasteiger partial charge on any atom is -0.340 e. The van der Waals surface area contributed by atoms with Gasteiger partial charge >= 0.3 is 0 Å². The average molecular weight is 294 g/mol. The molecular formula is C18H18N2O2. The second kappa shape index (κ2) is 5.23. The summed E-state index contributed by atoms with van der Waals surface area (Å²) < 4.78 is 14.0. The summed E-state index contributed by atoms with van der Waals surface area (Å²) in [5, 5.41) is 2.44. The highest BCUT2D eigenvalue weighted by atomic mass is 16.7. The van der Waals surface area contributed by atoms with Crippen LogP contribution in [0.1, 0.15) is 30.4 Å². The third-order valence-corrected chi connectivity index (χ3v) is 4.12. The number of rotatable bonds is 2. The van der Waals surface area contributed by atoms with Crippen LogP contribution in [0.15, 0.2) is 55.1 Å². The number of aromatic nitrogens is 2. The molecule has 2 aromatic carbocycles. The summed E-state index contributed by atoms with van der Waals surface area (Å²) >= 11 is 0. The lowest BCUT2D eigenvalue weighted by atomic mass is 9.98. The third-order valence-electron chi connectivity index (χ3n) is 4.12. The van der Waals surface area contributed by atoms with Crippen molar-refractivity contribution in [3.63, 3.8) is 0 Å². The maximum atomic E-state index is 6.06. The van der Waals surface area contributed by atoms with Gasteiger partial charge in [-0.3, -0.25) is 0 Å². The molecule has 112 valence electrons. The average Bonchev–Trinajstić information content (AvgIpc) is 3.15. The van der Waals surface area contributed by atoms with E-state index in [1.807, 2.05) is 17.7 Å². The van der Waals surface area contributed by atoms with Crippen LogP contribution in [0.2, 0.25) is 0 Å². The molecule has 1 fully saturated rings. The molecule has 0 radical (unpaired) electrons. The molecule has 0 bridgehead atoms. The topological polar surface area (TPSA) is 36.3 Å². The maximum Gasteiger partial charge on any atom is 0.168 e. The highest BCUT2D eigenvalue weighted by Gasteiger charge is 2.36. The molecule has 3 atom stereocenters. The van der Waals surface area contributed by atoms with E-state index in [-0.39, 0.29) is 18.6 Å². The van der Waals surface area contributed by atoms with E-state index in [1.165, 1.54) is 16.3 Å². The highest BCUT2D eigenvalue weighted by molar-refractivity contribution is 5.86. The van der Waals surface area contributed by atoms with Crippen LogP contribution in [-0.2, 0) is 9.47 Å². The molecule has 1 aromatic heterocycles. The quantitative estimate of drug-likeness (QED) is 0.717. The molecule has 1 aliphatic rings. The van der Waals surface area contributed by atoms with Crippen LogP contribution in [0.3, 0.4) is 0 Å². The number of nitrogens with zero attached hydrogens (tertiary/aromatic N) is 2. The zero-order chi connectivity index (χ0) is 15.1. The number of fused-ring (bicyclic) bond motifs is 1. The van der Waals surface area contributed by atoms with E-state index < -0.39 is 0 Å². The monoisotopic (exact) mass is 294 g/mol. The number of hydrogen-bond donors (Lipinski definition) is 0. The van der Waals surface area contributed by atoms with Crippen molar-refractivity contribution in [1.82, 2.24) is 9.55 Å². The van der Waals surface area contributed by atoms with Gasteiger partial charge in [0.05, 0.1) is 6.33 Å². The Morgan fingerprint density at radius 3 is 2.86 bits per heavy atom. The molecule has 1 saturated heterocycles. The molecule has 1 aliphatic heterocycles. The Morgan fingerprint density at radius 1 is 1.14 bits per heavy atom. The fourth-order valence-electron chi connectivity index (χ4n) is 3.11. The summed E-state index contributed by atoms with van der Waals surface area (Å²) in [7, 11) is 0. The number of hydrogen-bond acceptors (Lipinski definition) is 3. The number of aryl methyl sites for hydroxylation is 1. The lowest BCUT2D eigenvalue weighted by Gasteiger charge is -2.20. The second-order valence-electron chi connectivity index (χ2n) is 5.73. The molecule has 4 heteroatoms. The van der Waals surface area contributed by atoms with Crippen LogP contribution in [0.5, 0.6) is 0 Å². The van der Waals surface area contributed by atoms with Gasteiger partial charge in [0, 0.05) is 12.4 Å². The van der Waals surface area contributed by atoms with Gasteiger partial charge in [-0.1, -0.05) is 42.0 Å². The van der Waals surface area contributed by atoms with Gasteiger partial charge in [-0.15, -0.1) is 0 Å². The van der Waals surface area contributed by atoms with Crippen LogP contribution in [0.4, 0.5) is 0 Å². The van der Waals surface area contributed by atoms with E-state index in [0.29, 0.717) is 0 Å². The summed E-state index contributed by atoms with van der Waals surface area (Å²) in [4.78, 5) is 4.12. The Labute approximate surface area is 129 Å². The summed E-state index contributed by atoms with van der Waals surface area (Å²) in [6.45, 7) is 4.04. The predicted octanol–water partition coefficient (Wildman–Crippen LogP) is 3.98. The van der Waals surface area contributed by atoms with Crippen molar-refractivity contribution in [3.05, 3.63) is 66.2 Å². The Bertz CT molecular complexity index is 798. The van der Waals surface area contributed by atoms with Gasteiger partial charge in [-0.2, -0.15) is 0 Å². The van der Waals surface area contributed by atoms with Gasteiger partial charge in [0.1, 0.15) is 6.10 Å². The van der Waals surface area contributed by atoms with Crippen molar-refractivity contribution in [2.45, 2.75) is 32.5 Å². The molecule has 3 unspecified atom stereocenters. The smallest absolute Gasteiger partial charge is 0.168 e. The van der Waals surface area contributed by atoms with E-state index >= 15 is 0 Å². The van der Waals surface area contributed by atoms with Crippen LogP contribution in [-0.4, -0.2) is 15.8 Å². The van der Waals surface area contributed by atoms with E-state index in [9.17, 15) is 0 Å². The standard InChI is InChI=1S/C18H18N2O2/c1-12-6-7-14-4-3-5-15(16(14)10-12)17-18(22-13(2)21-17)20-9-8-19-11-20/h3-11,13,17-18H,1-2H3. The zero-order valence-corrected chi connectivity index (χ0v) is 12.6. The first-order chi connectivity index (χ1) is 10.7. The van der Waals surface area contributed by atoms with E-state index in [0.717, 1.165) is 5.56 Å². The molecule has 0 amide bonds. The number of ether oxygens (including phenoxy) is 2. The van der Waals surface area contributed by atoms with Gasteiger partial charge in [-0.25, -0.2) is 4.98 Å². The maximum absolute atomic E-state index is 6.06. The number of benzene rings is 2. The van der Waals surface area contributed by atoms with Gasteiger partial charge in [0.2, 0.25) is 0 Å². The first kappa shape index (κ1) is 13.5. The molecule has 4 rings (SSSR count). The first-order valence-corrected chi connectivity index (χ1v) is 7.50. The normalized spacial score (nSPS) is 24.9. The third kappa shape index (κ3) is 2.21. The summed E-state index contributed by atoms with van der Waals surface area (Å²) in [6, 6.07) is 12.8. The lowest BCUT2D eigenvalue weighted by molar-refractivity contribution is -0.0608. The van der Waals surface area contributed by atoms with Crippen LogP contribution in [0.25, 0.3) is 10.8 Å². The van der Waals surface area contributed by atoms with E-state index in [1.54, 1.807) is 12.5 Å². The second-order valence-corrected chi connectivity index (χ2v) is 5.73. The summed E-state index contributed by atoms with van der Waals surface area (Å²) in [6.07, 6.45) is 4.87. The summed E-state index contributed by atoms with van der Waals surface area (Å²) in [5.41, 5.74) is 2.40. The van der Waals surface area contributed by atoms with E-state index in [2.05, 4.69) is 48.3 Å². The van der Waals surface area contributed by atoms with Gasteiger partial charge in [0.25, 0.3) is 0 Å². The van der Waals surface area contributed by atoms with Gasteiger partial charge in [0.15, 0.2) is 12.5 Å². The Hall–Kier alpha value is -2.17. The summed E-state index contributed by atoms with van der Waals surface area (Å²) in [5.74, 6) is 0. The molecule has 3 aromatic rings. The molecular weight excluding hydrogens is 276 g/mol. The van der Waals surface area contributed by atoms with E-state index in [4.69, 9.17) is 9.47 Å². The molecule has 2 heterocycles. The lowest BCUT2D eigenvalue weighted by Crippen LogP contribution is -2.13. The number of imidazole rings is 1. The minimum absolute atomic E-state index is 0.144. The Morgan fingerprint density at radius 2 is 2.05 bits per heavy atom. The largest absolute Gasteiger partial charge is 0.340 e. The molecule has 0 spiro atoms. The van der Waals surface area contributed by atoms with Crippen LogP contribution in [0, 0.1) is 6.92 Å². The minimum atomic E-state index is -0.238. The van der Waals surface area contributed by atoms with Crippen molar-refractivity contribution >= 4 is 10.8 Å². The van der Waals surface area contributed by atoms with Crippen molar-refractivity contribution in [2.75, 3.05) is 0 Å². The molecule has 22 heavy (non-hydrogen) atoms.